The summed E-state index contributed by atoms with van der Waals surface area (Å²) in [7, 11) is 0. The Morgan fingerprint density at radius 2 is 0.888 bits per heavy atom. The van der Waals surface area contributed by atoms with E-state index in [2.05, 4.69) is 94.0 Å². The van der Waals surface area contributed by atoms with Gasteiger partial charge in [0.2, 0.25) is 0 Å². The molecule has 16 rings (SSSR count). The van der Waals surface area contributed by atoms with E-state index in [0.717, 1.165) is 78.2 Å². The first kappa shape index (κ1) is 69.2. The number of benzene rings is 5. The zero-order chi connectivity index (χ0) is 57.1. The molecule has 89 heavy (non-hydrogen) atoms. The van der Waals surface area contributed by atoms with Gasteiger partial charge in [-0.2, -0.15) is 0 Å². The van der Waals surface area contributed by atoms with E-state index < -0.39 is 5.97 Å². The van der Waals surface area contributed by atoms with Crippen molar-refractivity contribution >= 4 is 50.2 Å². The predicted molar refractivity (Wildman–Crippen MR) is 321 cm³/mol. The van der Waals surface area contributed by atoms with E-state index in [9.17, 15) is 4.79 Å². The van der Waals surface area contributed by atoms with Crippen LogP contribution in [0.2, 0.25) is 0 Å². The minimum Gasteiger partial charge on any atom is -0.656 e. The van der Waals surface area contributed by atoms with Crippen LogP contribution in [0.3, 0.4) is 0 Å². The molecule has 0 aliphatic carbocycles. The van der Waals surface area contributed by atoms with Gasteiger partial charge in [-0.05, 0) is 106 Å². The molecule has 11 heterocycles. The van der Waals surface area contributed by atoms with E-state index >= 15 is 0 Å². The summed E-state index contributed by atoms with van der Waals surface area (Å²) in [4.78, 5) is 68.8. The Morgan fingerprint density at radius 1 is 0.416 bits per heavy atom. The van der Waals surface area contributed by atoms with Gasteiger partial charge in [-0.1, -0.05) is 103 Å². The summed E-state index contributed by atoms with van der Waals surface area (Å²) in [6.45, 7) is 0. The first-order valence-corrected chi connectivity index (χ1v) is 26.1. The molecule has 23 heteroatoms. The van der Waals surface area contributed by atoms with Crippen molar-refractivity contribution in [2.45, 2.75) is 0 Å². The number of carbonyl (C=O) groups is 1. The molecule has 18 nitrogen and oxygen atoms in total. The first-order valence-electron chi connectivity index (χ1n) is 26.1. The van der Waals surface area contributed by atoms with Crippen LogP contribution in [0.5, 0.6) is 0 Å². The van der Waals surface area contributed by atoms with Crippen molar-refractivity contribution in [1.82, 2.24) is 78.6 Å². The van der Waals surface area contributed by atoms with E-state index in [1.54, 1.807) is 36.8 Å². The zero-order valence-corrected chi connectivity index (χ0v) is 58.1. The van der Waals surface area contributed by atoms with Crippen LogP contribution < -0.4 is 15.0 Å². The van der Waals surface area contributed by atoms with E-state index in [1.165, 1.54) is 24.9 Å². The summed E-state index contributed by atoms with van der Waals surface area (Å²) in [5.74, 6) is 1.20. The number of carboxylic acids is 1. The Labute approximate surface area is 577 Å². The molecule has 0 bridgehead atoms. The van der Waals surface area contributed by atoms with Crippen LogP contribution in [-0.4, -0.2) is 74.7 Å². The fourth-order valence-electron chi connectivity index (χ4n) is 8.17. The molecule has 0 saturated heterocycles. The number of carboxylic acid groups (broad SMARTS) is 1. The number of para-hydroxylation sites is 5. The average molecular weight is 2060 g/mol. The summed E-state index contributed by atoms with van der Waals surface area (Å²) in [6.07, 6.45) is 17.5. The number of imidazole rings is 4. The molecule has 5 aromatic carbocycles. The van der Waals surface area contributed by atoms with Crippen molar-refractivity contribution in [2.75, 3.05) is 0 Å². The van der Waals surface area contributed by atoms with Crippen LogP contribution in [-0.2, 0) is 101 Å². The normalized spacial score (nSPS) is 9.89. The molecule has 0 unspecified atom stereocenters. The molecule has 16 aromatic rings. The first-order chi connectivity index (χ1) is 41.5. The van der Waals surface area contributed by atoms with Gasteiger partial charge in [0.1, 0.15) is 29.6 Å². The summed E-state index contributed by atoms with van der Waals surface area (Å²) < 4.78 is 4.02. The van der Waals surface area contributed by atoms with E-state index in [4.69, 9.17) is 5.11 Å². The standard InChI is InChI=1S/3C13H9N2.C11H7N4.C10H6N5.C6H5NO2.5Ir/c1-2-6-11-10(5-1)9-13(15-11)12-7-3-4-8-14-12;2*1-2-6-11(7-3-1)12-10-15-9-5-4-8-13(15)14-12;1-2-5-9-8(4-1)14-11(15-9)10-12-6-3-7-13-10;1-2-4-8-7(3-1)14-10(15-8)9-12-5-11-6-13-9;8-6(9)5-3-1-2-4-7-5;;;;;/h1-9H;2*1-6,8-10H;1-7H;1-6H;1-4H,(H,8,9);;;;;/q5*-1;;;;;;. The number of hydrogen-bond acceptors (Lipinski definition) is 12. The van der Waals surface area contributed by atoms with Crippen molar-refractivity contribution in [1.29, 1.82) is 0 Å². The fraction of sp³-hybridized carbons (Fsp3) is 0. The van der Waals surface area contributed by atoms with Gasteiger partial charge in [-0.15, -0.1) is 83.0 Å². The molecular formula is C66H45Ir5N16O2-5. The number of rotatable bonds is 6. The van der Waals surface area contributed by atoms with Gasteiger partial charge >= 0.3 is 5.97 Å². The number of aromatic carboxylic acids is 1. The largest absolute Gasteiger partial charge is 0.656 e. The summed E-state index contributed by atoms with van der Waals surface area (Å²) in [5.41, 5.74) is 12.3. The molecule has 0 amide bonds. The number of pyridine rings is 4. The quantitative estimate of drug-likeness (QED) is 0.153. The maximum atomic E-state index is 10.1. The van der Waals surface area contributed by atoms with Gasteiger partial charge in [0.15, 0.2) is 11.6 Å². The Bertz CT molecular complexity index is 3880. The number of nitrogens with zero attached hydrogens (tertiary/aromatic N) is 16. The average Bonchev–Trinajstić information content (AvgIpc) is 2.28. The Hall–Kier alpha value is -8.93. The predicted octanol–water partition coefficient (Wildman–Crippen LogP) is 11.9. The second-order valence-electron chi connectivity index (χ2n) is 17.8. The SMILES string of the molecule is O=C(O)c1ccccn1.[Ir].[Ir].[Ir].[Ir].[Ir].[c-]1ccccc1-c1cn2ccccc2n1.[c-]1ccccc1-c1cn2ccccc2n1.c1ccc(-c2cc3ccccc3[n-]2)nc1.c1ccc2[n-]c(-c3ncncn3)nc2c1.c1cnc(-c2nc3ccccc3[n-]2)nc1. The van der Waals surface area contributed by atoms with Gasteiger partial charge in [0, 0.05) is 155 Å². The number of hydrogen-bond donors (Lipinski definition) is 1. The Kier molecular flexibility index (Phi) is 27.3. The smallest absolute Gasteiger partial charge is 0.354 e. The minimum absolute atomic E-state index is 0. The molecule has 0 spiro atoms. The molecule has 5 radical (unpaired) electrons. The second-order valence-corrected chi connectivity index (χ2v) is 17.8. The molecule has 0 fully saturated rings. The van der Waals surface area contributed by atoms with E-state index in [-0.39, 0.29) is 106 Å². The summed E-state index contributed by atoms with van der Waals surface area (Å²) >= 11 is 0. The van der Waals surface area contributed by atoms with Crippen LogP contribution in [0, 0.1) is 12.1 Å². The van der Waals surface area contributed by atoms with E-state index in [0.29, 0.717) is 23.3 Å². The molecule has 451 valence electrons. The zero-order valence-electron chi connectivity index (χ0n) is 46.1. The third kappa shape index (κ3) is 18.8. The number of aromatic nitrogens is 16. The molecule has 0 aliphatic heterocycles. The third-order valence-electron chi connectivity index (χ3n) is 12.1. The maximum Gasteiger partial charge on any atom is 0.354 e. The van der Waals surface area contributed by atoms with Gasteiger partial charge in [0.05, 0.1) is 0 Å². The fourth-order valence-corrected chi connectivity index (χ4v) is 8.17. The van der Waals surface area contributed by atoms with Crippen LogP contribution in [0.4, 0.5) is 0 Å². The van der Waals surface area contributed by atoms with Crippen molar-refractivity contribution < 1.29 is 110 Å². The van der Waals surface area contributed by atoms with Gasteiger partial charge in [-0.3, -0.25) is 15.0 Å². The van der Waals surface area contributed by atoms with Gasteiger partial charge < -0.3 is 38.8 Å². The molecule has 0 aliphatic rings. The topological polar surface area (TPSA) is 230 Å². The third-order valence-corrected chi connectivity index (χ3v) is 12.1. The molecule has 1 N–H and O–H groups in total. The van der Waals surface area contributed by atoms with Crippen LogP contribution >= 0.6 is 0 Å². The summed E-state index contributed by atoms with van der Waals surface area (Å²) in [6, 6.07) is 72.0. The van der Waals surface area contributed by atoms with Crippen molar-refractivity contribution in [3.05, 3.63) is 286 Å². The van der Waals surface area contributed by atoms with Crippen molar-refractivity contribution in [3.63, 3.8) is 0 Å². The van der Waals surface area contributed by atoms with Gasteiger partial charge in [0.25, 0.3) is 0 Å². The minimum atomic E-state index is -0.990. The molecule has 11 aromatic heterocycles. The van der Waals surface area contributed by atoms with E-state index in [1.807, 2.05) is 203 Å². The Balaban J connectivity index is 0.000000169. The molecule has 0 saturated carbocycles. The summed E-state index contributed by atoms with van der Waals surface area (Å²) in [5, 5.41) is 9.49. The van der Waals surface area contributed by atoms with Gasteiger partial charge in [-0.25, -0.2) is 34.7 Å². The molecule has 0 atom stereocenters. The molecular weight excluding hydrogens is 2010 g/mol. The monoisotopic (exact) mass is 2060 g/mol. The Morgan fingerprint density at radius 3 is 1.35 bits per heavy atom. The van der Waals surface area contributed by atoms with Crippen LogP contribution in [0.25, 0.3) is 101 Å². The van der Waals surface area contributed by atoms with Crippen LogP contribution in [0.1, 0.15) is 10.5 Å². The number of fused-ring (bicyclic) bond motifs is 5. The maximum absolute atomic E-state index is 10.1. The van der Waals surface area contributed by atoms with Crippen molar-refractivity contribution in [2.24, 2.45) is 0 Å². The van der Waals surface area contributed by atoms with Crippen LogP contribution in [0.15, 0.2) is 268 Å². The second kappa shape index (κ2) is 35.2. The van der Waals surface area contributed by atoms with Crippen molar-refractivity contribution in [3.8, 4) is 57.2 Å².